The van der Waals surface area contributed by atoms with Crippen molar-refractivity contribution in [2.75, 3.05) is 0 Å². The van der Waals surface area contributed by atoms with E-state index in [2.05, 4.69) is 5.16 Å². The Kier molecular flexibility index (Phi) is 3.74. The predicted molar refractivity (Wildman–Crippen MR) is 66.8 cm³/mol. The van der Waals surface area contributed by atoms with Gasteiger partial charge in [-0.1, -0.05) is 16.8 Å². The average molecular weight is 255 g/mol. The second-order valence-corrected chi connectivity index (χ2v) is 4.59. The maximum Gasteiger partial charge on any atom is 0.173 e. The molecule has 17 heavy (non-hydrogen) atoms. The molecular weight excluding hydrogens is 240 g/mol. The van der Waals surface area contributed by atoms with Crippen LogP contribution in [0.25, 0.3) is 0 Å². The molecule has 0 saturated heterocycles. The molecule has 0 amide bonds. The van der Waals surface area contributed by atoms with Gasteiger partial charge >= 0.3 is 0 Å². The Morgan fingerprint density at radius 3 is 2.76 bits per heavy atom. The molecule has 0 bridgehead atoms. The van der Waals surface area contributed by atoms with Crippen molar-refractivity contribution in [3.8, 4) is 5.75 Å². The second-order valence-electron chi connectivity index (χ2n) is 4.15. The van der Waals surface area contributed by atoms with E-state index in [1.54, 1.807) is 18.2 Å². The zero-order valence-electron chi connectivity index (χ0n) is 9.40. The van der Waals surface area contributed by atoms with Crippen LogP contribution >= 0.6 is 11.6 Å². The molecule has 1 saturated carbocycles. The van der Waals surface area contributed by atoms with Gasteiger partial charge in [-0.3, -0.25) is 0 Å². The van der Waals surface area contributed by atoms with Gasteiger partial charge in [-0.2, -0.15) is 0 Å². The minimum Gasteiger partial charge on any atom is -0.490 e. The van der Waals surface area contributed by atoms with Crippen molar-refractivity contribution in [2.24, 2.45) is 10.9 Å². The smallest absolute Gasteiger partial charge is 0.173 e. The fourth-order valence-corrected chi connectivity index (χ4v) is 2.21. The fraction of sp³-hybridized carbons (Fsp3) is 0.417. The predicted octanol–water partition coefficient (Wildman–Crippen LogP) is 2.76. The highest BCUT2D eigenvalue weighted by molar-refractivity contribution is 6.30. The average Bonchev–Trinajstić information content (AvgIpc) is 2.81. The number of hydrogen-bond donors (Lipinski definition) is 2. The molecule has 0 aromatic heterocycles. The summed E-state index contributed by atoms with van der Waals surface area (Å²) in [5, 5.41) is 12.3. The number of oxime groups is 1. The number of benzene rings is 1. The van der Waals surface area contributed by atoms with E-state index in [-0.39, 0.29) is 11.9 Å². The molecule has 3 N–H and O–H groups in total. The Morgan fingerprint density at radius 2 is 2.12 bits per heavy atom. The van der Waals surface area contributed by atoms with Gasteiger partial charge in [0.15, 0.2) is 5.84 Å². The molecule has 2 rings (SSSR count). The standard InChI is InChI=1S/C12H15ClN2O2/c13-8-5-6-10(12(14)15-16)11(7-8)17-9-3-1-2-4-9/h5-7,9,16H,1-4H2,(H2,14,15). The van der Waals surface area contributed by atoms with Gasteiger partial charge < -0.3 is 15.7 Å². The topological polar surface area (TPSA) is 67.8 Å². The molecule has 5 heteroatoms. The minimum atomic E-state index is 0.0367. The molecule has 0 unspecified atom stereocenters. The van der Waals surface area contributed by atoms with Gasteiger partial charge in [-0.15, -0.1) is 0 Å². The van der Waals surface area contributed by atoms with E-state index in [1.165, 1.54) is 12.8 Å². The number of nitrogens with zero attached hydrogens (tertiary/aromatic N) is 1. The summed E-state index contributed by atoms with van der Waals surface area (Å²) in [5.74, 6) is 0.620. The van der Waals surface area contributed by atoms with Crippen molar-refractivity contribution in [2.45, 2.75) is 31.8 Å². The molecule has 0 radical (unpaired) electrons. The van der Waals surface area contributed by atoms with E-state index in [0.717, 1.165) is 12.8 Å². The lowest BCUT2D eigenvalue weighted by Crippen LogP contribution is -2.18. The van der Waals surface area contributed by atoms with Crippen LogP contribution < -0.4 is 10.5 Å². The summed E-state index contributed by atoms with van der Waals surface area (Å²) in [7, 11) is 0. The van der Waals surface area contributed by atoms with Crippen LogP contribution in [-0.4, -0.2) is 17.1 Å². The first-order valence-corrected chi connectivity index (χ1v) is 6.02. The van der Waals surface area contributed by atoms with E-state index >= 15 is 0 Å². The number of nitrogens with two attached hydrogens (primary N) is 1. The molecule has 0 heterocycles. The Balaban J connectivity index is 2.26. The number of ether oxygens (including phenoxy) is 1. The van der Waals surface area contributed by atoms with Crippen molar-refractivity contribution in [1.29, 1.82) is 0 Å². The Bertz CT molecular complexity index is 429. The molecule has 1 aliphatic rings. The zero-order chi connectivity index (χ0) is 12.3. The quantitative estimate of drug-likeness (QED) is 0.377. The van der Waals surface area contributed by atoms with E-state index < -0.39 is 0 Å². The van der Waals surface area contributed by atoms with Crippen molar-refractivity contribution in [3.63, 3.8) is 0 Å². The maximum absolute atomic E-state index is 8.72. The minimum absolute atomic E-state index is 0.0367. The summed E-state index contributed by atoms with van der Waals surface area (Å²) in [6, 6.07) is 5.09. The summed E-state index contributed by atoms with van der Waals surface area (Å²) in [4.78, 5) is 0. The molecule has 0 aliphatic heterocycles. The molecule has 92 valence electrons. The highest BCUT2D eigenvalue weighted by Crippen LogP contribution is 2.28. The van der Waals surface area contributed by atoms with Gasteiger partial charge in [0.25, 0.3) is 0 Å². The Hall–Kier alpha value is -1.42. The van der Waals surface area contributed by atoms with Crippen LogP contribution in [0, 0.1) is 0 Å². The lowest BCUT2D eigenvalue weighted by molar-refractivity contribution is 0.209. The van der Waals surface area contributed by atoms with Gasteiger partial charge in [0.1, 0.15) is 5.75 Å². The normalized spacial score (nSPS) is 17.4. The van der Waals surface area contributed by atoms with Gasteiger partial charge in [-0.25, -0.2) is 0 Å². The van der Waals surface area contributed by atoms with Gasteiger partial charge in [0.05, 0.1) is 11.7 Å². The van der Waals surface area contributed by atoms with Gasteiger partial charge in [-0.05, 0) is 43.9 Å². The lowest BCUT2D eigenvalue weighted by Gasteiger charge is -2.16. The van der Waals surface area contributed by atoms with Crippen LogP contribution in [-0.2, 0) is 0 Å². The van der Waals surface area contributed by atoms with Crippen molar-refractivity contribution < 1.29 is 9.94 Å². The third kappa shape index (κ3) is 2.82. The fourth-order valence-electron chi connectivity index (χ4n) is 2.04. The summed E-state index contributed by atoms with van der Waals surface area (Å²) in [6.45, 7) is 0. The van der Waals surface area contributed by atoms with Crippen LogP contribution in [0.4, 0.5) is 0 Å². The lowest BCUT2D eigenvalue weighted by atomic mass is 10.2. The highest BCUT2D eigenvalue weighted by atomic mass is 35.5. The van der Waals surface area contributed by atoms with Crippen molar-refractivity contribution >= 4 is 17.4 Å². The maximum atomic E-state index is 8.72. The Morgan fingerprint density at radius 1 is 1.41 bits per heavy atom. The molecule has 1 aromatic rings. The van der Waals surface area contributed by atoms with Crippen LogP contribution in [0.3, 0.4) is 0 Å². The van der Waals surface area contributed by atoms with E-state index in [1.807, 2.05) is 0 Å². The summed E-state index contributed by atoms with van der Waals surface area (Å²) >= 11 is 5.93. The van der Waals surface area contributed by atoms with Crippen molar-refractivity contribution in [3.05, 3.63) is 28.8 Å². The molecule has 1 aromatic carbocycles. The number of hydrogen-bond acceptors (Lipinski definition) is 3. The van der Waals surface area contributed by atoms with Crippen molar-refractivity contribution in [1.82, 2.24) is 0 Å². The van der Waals surface area contributed by atoms with Gasteiger partial charge in [0, 0.05) is 5.02 Å². The van der Waals surface area contributed by atoms with Crippen LogP contribution in [0.5, 0.6) is 5.75 Å². The Labute approximate surface area is 105 Å². The molecule has 0 atom stereocenters. The molecule has 4 nitrogen and oxygen atoms in total. The first-order chi connectivity index (χ1) is 8.20. The second kappa shape index (κ2) is 5.27. The first-order valence-electron chi connectivity index (χ1n) is 5.65. The molecular formula is C12H15ClN2O2. The van der Waals surface area contributed by atoms with Crippen LogP contribution in [0.15, 0.2) is 23.4 Å². The zero-order valence-corrected chi connectivity index (χ0v) is 10.2. The summed E-state index contributed by atoms with van der Waals surface area (Å²) in [5.41, 5.74) is 6.17. The molecule has 0 spiro atoms. The first kappa shape index (κ1) is 12.0. The monoisotopic (exact) mass is 254 g/mol. The number of halogens is 1. The number of amidine groups is 1. The summed E-state index contributed by atoms with van der Waals surface area (Å²) in [6.07, 6.45) is 4.66. The number of rotatable bonds is 3. The third-order valence-electron chi connectivity index (χ3n) is 2.92. The molecule has 1 aliphatic carbocycles. The van der Waals surface area contributed by atoms with E-state index in [9.17, 15) is 0 Å². The van der Waals surface area contributed by atoms with E-state index in [4.69, 9.17) is 27.3 Å². The van der Waals surface area contributed by atoms with Crippen LogP contribution in [0.1, 0.15) is 31.2 Å². The van der Waals surface area contributed by atoms with Gasteiger partial charge in [0.2, 0.25) is 0 Å². The summed E-state index contributed by atoms with van der Waals surface area (Å²) < 4.78 is 5.85. The third-order valence-corrected chi connectivity index (χ3v) is 3.16. The SMILES string of the molecule is NC(=NO)c1ccc(Cl)cc1OC1CCCC1. The highest BCUT2D eigenvalue weighted by Gasteiger charge is 2.19. The largest absolute Gasteiger partial charge is 0.490 e. The molecule has 1 fully saturated rings. The van der Waals surface area contributed by atoms with Crippen LogP contribution in [0.2, 0.25) is 5.02 Å². The van der Waals surface area contributed by atoms with E-state index in [0.29, 0.717) is 16.3 Å².